The number of hydrogen-bond donors (Lipinski definition) is 2. The standard InChI is InChI=1S/C12H17ClN6/c1-6(2)12-15-9(17-14)5-10(16-12)19-8(4)11(13)7(3)18-19/h5-6H,14H2,1-4H3,(H,15,16,17). The van der Waals surface area contributed by atoms with Crippen LogP contribution in [0.4, 0.5) is 5.82 Å². The molecule has 2 aromatic heterocycles. The van der Waals surface area contributed by atoms with E-state index in [0.29, 0.717) is 22.5 Å². The molecule has 2 rings (SSSR count). The molecule has 0 bridgehead atoms. The molecule has 0 aromatic carbocycles. The Hall–Kier alpha value is -1.66. The third-order valence-electron chi connectivity index (χ3n) is 2.81. The first-order valence-corrected chi connectivity index (χ1v) is 6.39. The van der Waals surface area contributed by atoms with Crippen LogP contribution in [0, 0.1) is 13.8 Å². The molecule has 2 aromatic rings. The number of rotatable bonds is 3. The SMILES string of the molecule is Cc1nn(-c2cc(NN)nc(C(C)C)n2)c(C)c1Cl. The average Bonchev–Trinajstić information content (AvgIpc) is 2.66. The summed E-state index contributed by atoms with van der Waals surface area (Å²) >= 11 is 6.16. The summed E-state index contributed by atoms with van der Waals surface area (Å²) in [6.07, 6.45) is 0. The van der Waals surface area contributed by atoms with Crippen LogP contribution in [-0.4, -0.2) is 19.7 Å². The first-order chi connectivity index (χ1) is 8.93. The number of nitrogens with zero attached hydrogens (tertiary/aromatic N) is 4. The highest BCUT2D eigenvalue weighted by molar-refractivity contribution is 6.31. The van der Waals surface area contributed by atoms with Crippen LogP contribution in [0.1, 0.15) is 37.0 Å². The number of nitrogens with one attached hydrogen (secondary N) is 1. The maximum absolute atomic E-state index is 6.16. The first-order valence-electron chi connectivity index (χ1n) is 6.01. The van der Waals surface area contributed by atoms with E-state index in [1.54, 1.807) is 10.7 Å². The molecule has 7 heteroatoms. The summed E-state index contributed by atoms with van der Waals surface area (Å²) in [6, 6.07) is 1.74. The van der Waals surface area contributed by atoms with Gasteiger partial charge in [-0.15, -0.1) is 0 Å². The Morgan fingerprint density at radius 3 is 2.47 bits per heavy atom. The fourth-order valence-corrected chi connectivity index (χ4v) is 1.86. The molecule has 0 aliphatic carbocycles. The third-order valence-corrected chi connectivity index (χ3v) is 3.36. The van der Waals surface area contributed by atoms with Crippen molar-refractivity contribution in [2.45, 2.75) is 33.6 Å². The van der Waals surface area contributed by atoms with Gasteiger partial charge in [0.1, 0.15) is 11.6 Å². The summed E-state index contributed by atoms with van der Waals surface area (Å²) in [5.41, 5.74) is 4.16. The van der Waals surface area contributed by atoms with Gasteiger partial charge >= 0.3 is 0 Å². The van der Waals surface area contributed by atoms with Crippen molar-refractivity contribution in [3.63, 3.8) is 0 Å². The maximum atomic E-state index is 6.16. The molecular formula is C12H17ClN6. The van der Waals surface area contributed by atoms with Gasteiger partial charge in [0.05, 0.1) is 16.4 Å². The second-order valence-electron chi connectivity index (χ2n) is 4.67. The number of nitrogens with two attached hydrogens (primary N) is 1. The van der Waals surface area contributed by atoms with Gasteiger partial charge in [-0.3, -0.25) is 0 Å². The van der Waals surface area contributed by atoms with Crippen LogP contribution in [-0.2, 0) is 0 Å². The average molecular weight is 281 g/mol. The molecule has 6 nitrogen and oxygen atoms in total. The van der Waals surface area contributed by atoms with Crippen LogP contribution in [0.2, 0.25) is 5.02 Å². The Balaban J connectivity index is 2.61. The predicted molar refractivity (Wildman–Crippen MR) is 75.5 cm³/mol. The van der Waals surface area contributed by atoms with Crippen LogP contribution >= 0.6 is 11.6 Å². The highest BCUT2D eigenvalue weighted by Gasteiger charge is 2.14. The van der Waals surface area contributed by atoms with Crippen LogP contribution in [0.15, 0.2) is 6.07 Å². The number of halogens is 1. The highest BCUT2D eigenvalue weighted by Crippen LogP contribution is 2.23. The number of nitrogen functional groups attached to an aromatic ring is 1. The number of hydrogen-bond acceptors (Lipinski definition) is 5. The molecule has 0 aliphatic heterocycles. The van der Waals surface area contributed by atoms with Crippen molar-refractivity contribution >= 4 is 17.4 Å². The first kappa shape index (κ1) is 13.8. The molecule has 0 atom stereocenters. The van der Waals surface area contributed by atoms with Gasteiger partial charge in [-0.25, -0.2) is 20.5 Å². The summed E-state index contributed by atoms with van der Waals surface area (Å²) in [5, 5.41) is 5.03. The van der Waals surface area contributed by atoms with Gasteiger partial charge < -0.3 is 5.43 Å². The van der Waals surface area contributed by atoms with Gasteiger partial charge in [-0.1, -0.05) is 25.4 Å². The van der Waals surface area contributed by atoms with Crippen molar-refractivity contribution in [3.8, 4) is 5.82 Å². The van der Waals surface area contributed by atoms with E-state index in [1.807, 2.05) is 27.7 Å². The van der Waals surface area contributed by atoms with Crippen molar-refractivity contribution in [3.05, 3.63) is 28.3 Å². The lowest BCUT2D eigenvalue weighted by molar-refractivity contribution is 0.736. The van der Waals surface area contributed by atoms with Crippen molar-refractivity contribution in [1.82, 2.24) is 19.7 Å². The third kappa shape index (κ3) is 2.54. The molecule has 0 aliphatic rings. The van der Waals surface area contributed by atoms with E-state index < -0.39 is 0 Å². The zero-order chi connectivity index (χ0) is 14.2. The molecule has 0 spiro atoms. The quantitative estimate of drug-likeness (QED) is 0.666. The van der Waals surface area contributed by atoms with Gasteiger partial charge in [0.2, 0.25) is 0 Å². The smallest absolute Gasteiger partial charge is 0.159 e. The highest BCUT2D eigenvalue weighted by atomic mass is 35.5. The van der Waals surface area contributed by atoms with E-state index in [0.717, 1.165) is 11.4 Å². The Morgan fingerprint density at radius 1 is 1.32 bits per heavy atom. The van der Waals surface area contributed by atoms with E-state index in [-0.39, 0.29) is 5.92 Å². The minimum Gasteiger partial charge on any atom is -0.308 e. The Kier molecular flexibility index (Phi) is 3.73. The van der Waals surface area contributed by atoms with Crippen molar-refractivity contribution in [2.24, 2.45) is 5.84 Å². The lowest BCUT2D eigenvalue weighted by Crippen LogP contribution is -2.13. The molecule has 0 amide bonds. The maximum Gasteiger partial charge on any atom is 0.159 e. The van der Waals surface area contributed by atoms with Crippen molar-refractivity contribution in [2.75, 3.05) is 5.43 Å². The summed E-state index contributed by atoms with van der Waals surface area (Å²) in [5.74, 6) is 7.54. The number of anilines is 1. The molecule has 19 heavy (non-hydrogen) atoms. The van der Waals surface area contributed by atoms with Gasteiger partial charge in [0.25, 0.3) is 0 Å². The zero-order valence-electron chi connectivity index (χ0n) is 11.4. The summed E-state index contributed by atoms with van der Waals surface area (Å²) in [6.45, 7) is 7.80. The largest absolute Gasteiger partial charge is 0.308 e. The van der Waals surface area contributed by atoms with Crippen LogP contribution < -0.4 is 11.3 Å². The lowest BCUT2D eigenvalue weighted by atomic mass is 10.2. The van der Waals surface area contributed by atoms with E-state index in [4.69, 9.17) is 17.4 Å². The second kappa shape index (κ2) is 5.14. The second-order valence-corrected chi connectivity index (χ2v) is 5.04. The van der Waals surface area contributed by atoms with Gasteiger partial charge in [-0.2, -0.15) is 5.10 Å². The molecule has 3 N–H and O–H groups in total. The molecular weight excluding hydrogens is 264 g/mol. The normalized spacial score (nSPS) is 11.1. The summed E-state index contributed by atoms with van der Waals surface area (Å²) in [4.78, 5) is 8.82. The Bertz CT molecular complexity index is 605. The molecule has 0 saturated heterocycles. The Morgan fingerprint density at radius 2 is 2.00 bits per heavy atom. The number of aryl methyl sites for hydroxylation is 1. The topological polar surface area (TPSA) is 81.7 Å². The fourth-order valence-electron chi connectivity index (χ4n) is 1.74. The molecule has 102 valence electrons. The van der Waals surface area contributed by atoms with Crippen molar-refractivity contribution < 1.29 is 0 Å². The molecule has 0 fully saturated rings. The lowest BCUT2D eigenvalue weighted by Gasteiger charge is -2.10. The number of aromatic nitrogens is 4. The van der Waals surface area contributed by atoms with E-state index in [2.05, 4.69) is 20.5 Å². The van der Waals surface area contributed by atoms with Gasteiger partial charge in [-0.05, 0) is 13.8 Å². The fraction of sp³-hybridized carbons (Fsp3) is 0.417. The number of hydrazine groups is 1. The van der Waals surface area contributed by atoms with E-state index in [1.165, 1.54) is 0 Å². The van der Waals surface area contributed by atoms with Gasteiger partial charge in [0, 0.05) is 12.0 Å². The molecule has 0 saturated carbocycles. The predicted octanol–water partition coefficient (Wildman–Crippen LogP) is 2.34. The van der Waals surface area contributed by atoms with Gasteiger partial charge in [0.15, 0.2) is 5.82 Å². The van der Waals surface area contributed by atoms with E-state index >= 15 is 0 Å². The summed E-state index contributed by atoms with van der Waals surface area (Å²) in [7, 11) is 0. The zero-order valence-corrected chi connectivity index (χ0v) is 12.2. The van der Waals surface area contributed by atoms with Crippen LogP contribution in [0.25, 0.3) is 5.82 Å². The van der Waals surface area contributed by atoms with Crippen LogP contribution in [0.3, 0.4) is 0 Å². The minimum absolute atomic E-state index is 0.194. The molecule has 0 unspecified atom stereocenters. The molecule has 2 heterocycles. The van der Waals surface area contributed by atoms with Crippen molar-refractivity contribution in [1.29, 1.82) is 0 Å². The van der Waals surface area contributed by atoms with Crippen LogP contribution in [0.5, 0.6) is 0 Å². The molecule has 0 radical (unpaired) electrons. The monoisotopic (exact) mass is 280 g/mol. The minimum atomic E-state index is 0.194. The Labute approximate surface area is 117 Å². The summed E-state index contributed by atoms with van der Waals surface area (Å²) < 4.78 is 1.70. The van der Waals surface area contributed by atoms with E-state index in [9.17, 15) is 0 Å².